The molecule has 0 aliphatic heterocycles. The number of guanidine groups is 1. The molecule has 2 aromatic carbocycles. The van der Waals surface area contributed by atoms with Gasteiger partial charge in [-0.15, -0.1) is 0 Å². The number of anilines is 1. The first-order valence-corrected chi connectivity index (χ1v) is 8.26. The molecule has 0 heterocycles. The molecule has 5 nitrogen and oxygen atoms in total. The smallest absolute Gasteiger partial charge is 0.196 e. The second-order valence-corrected chi connectivity index (χ2v) is 5.25. The van der Waals surface area contributed by atoms with Crippen molar-refractivity contribution in [1.29, 1.82) is 0 Å². The summed E-state index contributed by atoms with van der Waals surface area (Å²) >= 11 is 0. The molecular weight excluding hydrogens is 321 g/mol. The van der Waals surface area contributed by atoms with Gasteiger partial charge in [-0.3, -0.25) is 0 Å². The largest absolute Gasteiger partial charge is 0.493 e. The molecule has 0 bridgehead atoms. The Labute approximate surface area is 147 Å². The number of nitrogens with one attached hydrogen (secondary N) is 2. The van der Waals surface area contributed by atoms with E-state index >= 15 is 0 Å². The molecule has 0 aromatic heterocycles. The first kappa shape index (κ1) is 18.6. The van der Waals surface area contributed by atoms with Crippen LogP contribution in [0.3, 0.4) is 0 Å². The van der Waals surface area contributed by atoms with Crippen LogP contribution in [0, 0.1) is 5.82 Å². The van der Waals surface area contributed by atoms with Crippen LogP contribution in [-0.2, 0) is 6.54 Å². The zero-order valence-electron chi connectivity index (χ0n) is 14.8. The predicted molar refractivity (Wildman–Crippen MR) is 99.0 cm³/mol. The summed E-state index contributed by atoms with van der Waals surface area (Å²) in [5, 5.41) is 6.38. The summed E-state index contributed by atoms with van der Waals surface area (Å²) < 4.78 is 24.1. The van der Waals surface area contributed by atoms with Crippen molar-refractivity contribution in [1.82, 2.24) is 5.32 Å². The Hall–Kier alpha value is -2.76. The molecule has 0 amide bonds. The standard InChI is InChI=1S/C19H24FN3O2/c1-4-21-19(22-13-14-7-6-8-15(20)11-14)23-16-9-10-17(25-5-2)18(12-16)24-3/h6-12H,4-5,13H2,1-3H3,(H2,21,22,23). The van der Waals surface area contributed by atoms with Crippen molar-refractivity contribution < 1.29 is 13.9 Å². The van der Waals surface area contributed by atoms with Gasteiger partial charge in [0.25, 0.3) is 0 Å². The van der Waals surface area contributed by atoms with Crippen molar-refractivity contribution in [2.75, 3.05) is 25.6 Å². The molecule has 6 heteroatoms. The Morgan fingerprint density at radius 2 is 1.96 bits per heavy atom. The molecule has 25 heavy (non-hydrogen) atoms. The summed E-state index contributed by atoms with van der Waals surface area (Å²) in [6.07, 6.45) is 0. The number of rotatable bonds is 7. The molecule has 2 N–H and O–H groups in total. The summed E-state index contributed by atoms with van der Waals surface area (Å²) in [6.45, 7) is 5.57. The maximum absolute atomic E-state index is 13.3. The van der Waals surface area contributed by atoms with Crippen molar-refractivity contribution in [2.24, 2.45) is 4.99 Å². The van der Waals surface area contributed by atoms with Crippen LogP contribution in [0.2, 0.25) is 0 Å². The van der Waals surface area contributed by atoms with Crippen molar-refractivity contribution in [3.63, 3.8) is 0 Å². The summed E-state index contributed by atoms with van der Waals surface area (Å²) in [5.41, 5.74) is 1.63. The molecule has 0 spiro atoms. The fourth-order valence-electron chi connectivity index (χ4n) is 2.27. The van der Waals surface area contributed by atoms with Gasteiger partial charge in [0.05, 0.1) is 20.3 Å². The van der Waals surface area contributed by atoms with E-state index in [0.29, 0.717) is 37.2 Å². The lowest BCUT2D eigenvalue weighted by molar-refractivity contribution is 0.311. The third-order valence-corrected chi connectivity index (χ3v) is 3.38. The fraction of sp³-hybridized carbons (Fsp3) is 0.316. The molecule has 134 valence electrons. The van der Waals surface area contributed by atoms with Crippen LogP contribution in [0.15, 0.2) is 47.5 Å². The molecule has 0 fully saturated rings. The van der Waals surface area contributed by atoms with Gasteiger partial charge < -0.3 is 20.1 Å². The van der Waals surface area contributed by atoms with E-state index in [0.717, 1.165) is 11.3 Å². The van der Waals surface area contributed by atoms with Gasteiger partial charge in [0.1, 0.15) is 5.82 Å². The minimum atomic E-state index is -0.262. The lowest BCUT2D eigenvalue weighted by atomic mass is 10.2. The molecule has 0 radical (unpaired) electrons. The fourth-order valence-corrected chi connectivity index (χ4v) is 2.27. The molecule has 0 unspecified atom stereocenters. The summed E-state index contributed by atoms with van der Waals surface area (Å²) in [6, 6.07) is 12.0. The molecule has 0 aliphatic carbocycles. The van der Waals surface area contributed by atoms with Gasteiger partial charge in [0, 0.05) is 18.3 Å². The highest BCUT2D eigenvalue weighted by molar-refractivity contribution is 5.93. The SMILES string of the molecule is CCNC(=NCc1cccc(F)c1)Nc1ccc(OCC)c(OC)c1. The predicted octanol–water partition coefficient (Wildman–Crippen LogP) is 3.81. The van der Waals surface area contributed by atoms with Crippen LogP contribution in [0.4, 0.5) is 10.1 Å². The summed E-state index contributed by atoms with van der Waals surface area (Å²) in [7, 11) is 1.60. The van der Waals surface area contributed by atoms with Crippen LogP contribution < -0.4 is 20.1 Å². The normalized spacial score (nSPS) is 11.1. The van der Waals surface area contributed by atoms with Gasteiger partial charge in [-0.2, -0.15) is 0 Å². The second kappa shape index (κ2) is 9.52. The Morgan fingerprint density at radius 1 is 1.12 bits per heavy atom. The highest BCUT2D eigenvalue weighted by Gasteiger charge is 2.07. The second-order valence-electron chi connectivity index (χ2n) is 5.25. The third-order valence-electron chi connectivity index (χ3n) is 3.38. The number of ether oxygens (including phenoxy) is 2. The number of aliphatic imine (C=N–C) groups is 1. The highest BCUT2D eigenvalue weighted by atomic mass is 19.1. The van der Waals surface area contributed by atoms with Crippen molar-refractivity contribution in [3.05, 3.63) is 53.8 Å². The van der Waals surface area contributed by atoms with E-state index in [9.17, 15) is 4.39 Å². The molecule has 0 aliphatic rings. The number of nitrogens with zero attached hydrogens (tertiary/aromatic N) is 1. The van der Waals surface area contributed by atoms with Crippen molar-refractivity contribution in [2.45, 2.75) is 20.4 Å². The molecule has 2 aromatic rings. The molecular formula is C19H24FN3O2. The van der Waals surface area contributed by atoms with E-state index in [-0.39, 0.29) is 5.82 Å². The van der Waals surface area contributed by atoms with E-state index in [2.05, 4.69) is 15.6 Å². The minimum absolute atomic E-state index is 0.262. The van der Waals surface area contributed by atoms with Crippen LogP contribution in [0.5, 0.6) is 11.5 Å². The van der Waals surface area contributed by atoms with E-state index in [1.54, 1.807) is 13.2 Å². The van der Waals surface area contributed by atoms with E-state index in [4.69, 9.17) is 9.47 Å². The lowest BCUT2D eigenvalue weighted by Gasteiger charge is -2.14. The Kier molecular flexibility index (Phi) is 7.07. The number of hydrogen-bond acceptors (Lipinski definition) is 3. The maximum atomic E-state index is 13.3. The van der Waals surface area contributed by atoms with Crippen molar-refractivity contribution in [3.8, 4) is 11.5 Å². The minimum Gasteiger partial charge on any atom is -0.493 e. The quantitative estimate of drug-likeness (QED) is 0.592. The van der Waals surface area contributed by atoms with Gasteiger partial charge in [-0.25, -0.2) is 9.38 Å². The van der Waals surface area contributed by atoms with Gasteiger partial charge >= 0.3 is 0 Å². The average molecular weight is 345 g/mol. The topological polar surface area (TPSA) is 54.9 Å². The Morgan fingerprint density at radius 3 is 2.64 bits per heavy atom. The zero-order valence-corrected chi connectivity index (χ0v) is 14.8. The first-order valence-electron chi connectivity index (χ1n) is 8.26. The molecule has 0 atom stereocenters. The molecule has 2 rings (SSSR count). The summed E-state index contributed by atoms with van der Waals surface area (Å²) in [4.78, 5) is 4.49. The molecule has 0 saturated carbocycles. The number of halogens is 1. The van der Waals surface area contributed by atoms with Crippen LogP contribution in [0.25, 0.3) is 0 Å². The zero-order chi connectivity index (χ0) is 18.1. The lowest BCUT2D eigenvalue weighted by Crippen LogP contribution is -2.30. The Balaban J connectivity index is 2.13. The van der Waals surface area contributed by atoms with Crippen LogP contribution >= 0.6 is 0 Å². The first-order chi connectivity index (χ1) is 12.2. The van der Waals surface area contributed by atoms with Crippen LogP contribution in [0.1, 0.15) is 19.4 Å². The van der Waals surface area contributed by atoms with E-state index in [1.807, 2.05) is 38.1 Å². The van der Waals surface area contributed by atoms with Crippen LogP contribution in [-0.4, -0.2) is 26.2 Å². The van der Waals surface area contributed by atoms with E-state index in [1.165, 1.54) is 12.1 Å². The average Bonchev–Trinajstić information content (AvgIpc) is 2.61. The van der Waals surface area contributed by atoms with Crippen molar-refractivity contribution >= 4 is 11.6 Å². The van der Waals surface area contributed by atoms with Gasteiger partial charge in [0.2, 0.25) is 0 Å². The molecule has 0 saturated heterocycles. The Bertz CT molecular complexity index is 720. The van der Waals surface area contributed by atoms with Gasteiger partial charge in [0.15, 0.2) is 17.5 Å². The number of methoxy groups -OCH3 is 1. The number of hydrogen-bond donors (Lipinski definition) is 2. The van der Waals surface area contributed by atoms with Gasteiger partial charge in [-0.05, 0) is 43.7 Å². The highest BCUT2D eigenvalue weighted by Crippen LogP contribution is 2.30. The maximum Gasteiger partial charge on any atom is 0.196 e. The monoisotopic (exact) mass is 345 g/mol. The van der Waals surface area contributed by atoms with E-state index < -0.39 is 0 Å². The third kappa shape index (κ3) is 5.67. The number of benzene rings is 2. The summed E-state index contributed by atoms with van der Waals surface area (Å²) in [5.74, 6) is 1.69. The van der Waals surface area contributed by atoms with Gasteiger partial charge in [-0.1, -0.05) is 12.1 Å².